The van der Waals surface area contributed by atoms with Crippen molar-refractivity contribution in [1.29, 1.82) is 0 Å². The molecule has 18 heavy (non-hydrogen) atoms. The van der Waals surface area contributed by atoms with Crippen molar-refractivity contribution in [2.24, 2.45) is 0 Å². The van der Waals surface area contributed by atoms with Crippen LogP contribution in [0, 0.1) is 0 Å². The van der Waals surface area contributed by atoms with Crippen molar-refractivity contribution in [2.45, 2.75) is 6.61 Å². The third kappa shape index (κ3) is 1.94. The predicted octanol–water partition coefficient (Wildman–Crippen LogP) is 1.40. The van der Waals surface area contributed by atoms with Gasteiger partial charge in [0.25, 0.3) is 0 Å². The van der Waals surface area contributed by atoms with Gasteiger partial charge in [0, 0.05) is 0 Å². The molecule has 0 saturated heterocycles. The van der Waals surface area contributed by atoms with Crippen LogP contribution in [0.15, 0.2) is 42.5 Å². The molecule has 0 saturated carbocycles. The fourth-order valence-electron chi connectivity index (χ4n) is 1.94. The number of phenolic OH excluding ortho intramolecular Hbond substituents is 1. The second-order valence-corrected chi connectivity index (χ2v) is 4.09. The molecule has 2 aromatic rings. The van der Waals surface area contributed by atoms with E-state index >= 15 is 0 Å². The van der Waals surface area contributed by atoms with Gasteiger partial charge in [0.15, 0.2) is 11.5 Å². The van der Waals surface area contributed by atoms with Crippen LogP contribution < -0.4 is 10.2 Å². The van der Waals surface area contributed by atoms with Crippen LogP contribution in [0.4, 0.5) is 0 Å². The van der Waals surface area contributed by atoms with E-state index in [0.29, 0.717) is 18.1 Å². The Kier molecular flexibility index (Phi) is 2.70. The Morgan fingerprint density at radius 1 is 1.17 bits per heavy atom. The van der Waals surface area contributed by atoms with Crippen LogP contribution in [0.2, 0.25) is 0 Å². The van der Waals surface area contributed by atoms with E-state index in [4.69, 9.17) is 9.39 Å². The fourth-order valence-corrected chi connectivity index (χ4v) is 1.94. The summed E-state index contributed by atoms with van der Waals surface area (Å²) in [6, 6.07) is 12.1. The van der Waals surface area contributed by atoms with Crippen molar-refractivity contribution < 1.29 is 19.5 Å². The minimum absolute atomic E-state index is 0.0919. The summed E-state index contributed by atoms with van der Waals surface area (Å²) in [5.74, 6) is 1.10. The van der Waals surface area contributed by atoms with E-state index < -0.39 is 7.12 Å². The number of aromatic hydroxyl groups is 1. The van der Waals surface area contributed by atoms with Gasteiger partial charge in [-0.1, -0.05) is 18.2 Å². The molecule has 0 aromatic heterocycles. The maximum absolute atomic E-state index is 9.62. The number of para-hydroxylation sites is 2. The van der Waals surface area contributed by atoms with E-state index in [0.717, 1.165) is 11.0 Å². The first-order valence-electron chi connectivity index (χ1n) is 5.62. The highest BCUT2D eigenvalue weighted by Gasteiger charge is 2.27. The van der Waals surface area contributed by atoms with Crippen LogP contribution in [0.25, 0.3) is 0 Å². The summed E-state index contributed by atoms with van der Waals surface area (Å²) in [6.45, 7) is 0.370. The van der Waals surface area contributed by atoms with Crippen LogP contribution in [0.5, 0.6) is 17.2 Å². The van der Waals surface area contributed by atoms with Gasteiger partial charge in [0.2, 0.25) is 0 Å². The Labute approximate surface area is 105 Å². The Morgan fingerprint density at radius 2 is 2.00 bits per heavy atom. The lowest BCUT2D eigenvalue weighted by atomic mass is 9.80. The quantitative estimate of drug-likeness (QED) is 0.781. The van der Waals surface area contributed by atoms with Crippen molar-refractivity contribution in [1.82, 2.24) is 0 Å². The maximum Gasteiger partial charge on any atom is 0.491 e. The molecule has 0 radical (unpaired) electrons. The molecule has 1 aliphatic rings. The summed E-state index contributed by atoms with van der Waals surface area (Å²) in [4.78, 5) is 0. The molecule has 1 heterocycles. The first-order valence-corrected chi connectivity index (χ1v) is 5.62. The smallest absolute Gasteiger partial charge is 0.491 e. The molecular weight excluding hydrogens is 231 g/mol. The van der Waals surface area contributed by atoms with Gasteiger partial charge in [0.05, 0.1) is 6.61 Å². The SMILES string of the molecule is OB1OCc2cc(Oc3ccccc3O)ccc21. The predicted molar refractivity (Wildman–Crippen MR) is 67.0 cm³/mol. The van der Waals surface area contributed by atoms with Crippen molar-refractivity contribution in [2.75, 3.05) is 0 Å². The van der Waals surface area contributed by atoms with Crippen molar-refractivity contribution >= 4 is 12.6 Å². The molecule has 3 rings (SSSR count). The van der Waals surface area contributed by atoms with Gasteiger partial charge in [-0.15, -0.1) is 0 Å². The summed E-state index contributed by atoms with van der Waals surface area (Å²) < 4.78 is 10.7. The number of fused-ring (bicyclic) bond motifs is 1. The molecular formula is C13H11BO4. The molecule has 0 spiro atoms. The fraction of sp³-hybridized carbons (Fsp3) is 0.0769. The minimum Gasteiger partial charge on any atom is -0.504 e. The first-order chi connectivity index (χ1) is 8.74. The molecule has 0 bridgehead atoms. The highest BCUT2D eigenvalue weighted by molar-refractivity contribution is 6.61. The Balaban J connectivity index is 1.89. The highest BCUT2D eigenvalue weighted by atomic mass is 16.5. The molecule has 4 nitrogen and oxygen atoms in total. The first kappa shape index (κ1) is 11.1. The van der Waals surface area contributed by atoms with E-state index in [1.165, 1.54) is 0 Å². The van der Waals surface area contributed by atoms with Gasteiger partial charge in [-0.05, 0) is 35.3 Å². The molecule has 0 aliphatic carbocycles. The van der Waals surface area contributed by atoms with Gasteiger partial charge in [0.1, 0.15) is 5.75 Å². The van der Waals surface area contributed by atoms with E-state index in [2.05, 4.69) is 0 Å². The summed E-state index contributed by atoms with van der Waals surface area (Å²) in [6.07, 6.45) is 0. The summed E-state index contributed by atoms with van der Waals surface area (Å²) >= 11 is 0. The number of phenols is 1. The Hall–Kier alpha value is -1.98. The molecule has 1 aliphatic heterocycles. The van der Waals surface area contributed by atoms with Gasteiger partial charge in [-0.25, -0.2) is 0 Å². The third-order valence-electron chi connectivity index (χ3n) is 2.87. The second kappa shape index (κ2) is 4.36. The normalized spacial score (nSPS) is 13.5. The van der Waals surface area contributed by atoms with Crippen LogP contribution in [0.3, 0.4) is 0 Å². The van der Waals surface area contributed by atoms with E-state index in [1.54, 1.807) is 42.5 Å². The lowest BCUT2D eigenvalue weighted by molar-refractivity contribution is 0.275. The zero-order chi connectivity index (χ0) is 12.5. The summed E-state index contributed by atoms with van der Waals surface area (Å²) in [5, 5.41) is 19.1. The van der Waals surface area contributed by atoms with Crippen LogP contribution >= 0.6 is 0 Å². The molecule has 0 unspecified atom stereocenters. The second-order valence-electron chi connectivity index (χ2n) is 4.09. The Morgan fingerprint density at radius 3 is 2.83 bits per heavy atom. The number of benzene rings is 2. The monoisotopic (exact) mass is 242 g/mol. The van der Waals surface area contributed by atoms with Crippen LogP contribution in [-0.4, -0.2) is 17.2 Å². The molecule has 0 atom stereocenters. The summed E-state index contributed by atoms with van der Waals surface area (Å²) in [7, 11) is -0.848. The minimum atomic E-state index is -0.848. The van der Waals surface area contributed by atoms with Gasteiger partial charge in [-0.3, -0.25) is 0 Å². The van der Waals surface area contributed by atoms with E-state index in [9.17, 15) is 10.1 Å². The number of hydrogen-bond donors (Lipinski definition) is 2. The molecule has 0 amide bonds. The van der Waals surface area contributed by atoms with Crippen molar-refractivity contribution in [3.05, 3.63) is 48.0 Å². The van der Waals surface area contributed by atoms with Crippen LogP contribution in [0.1, 0.15) is 5.56 Å². The van der Waals surface area contributed by atoms with Gasteiger partial charge in [-0.2, -0.15) is 0 Å². The van der Waals surface area contributed by atoms with E-state index in [1.807, 2.05) is 0 Å². The van der Waals surface area contributed by atoms with Crippen molar-refractivity contribution in [3.63, 3.8) is 0 Å². The average molecular weight is 242 g/mol. The zero-order valence-corrected chi connectivity index (χ0v) is 9.54. The summed E-state index contributed by atoms with van der Waals surface area (Å²) in [5.41, 5.74) is 1.66. The topological polar surface area (TPSA) is 58.9 Å². The lowest BCUT2D eigenvalue weighted by Crippen LogP contribution is -2.27. The molecule has 5 heteroatoms. The maximum atomic E-state index is 9.62. The molecule has 2 aromatic carbocycles. The average Bonchev–Trinajstić information content (AvgIpc) is 2.74. The van der Waals surface area contributed by atoms with Crippen molar-refractivity contribution in [3.8, 4) is 17.2 Å². The highest BCUT2D eigenvalue weighted by Crippen LogP contribution is 2.30. The zero-order valence-electron chi connectivity index (χ0n) is 9.54. The third-order valence-corrected chi connectivity index (χ3v) is 2.87. The standard InChI is InChI=1S/C13H11BO4/c15-12-3-1-2-4-13(12)18-10-5-6-11-9(7-10)8-17-14(11)16/h1-7,15-16H,8H2. The van der Waals surface area contributed by atoms with Crippen LogP contribution in [-0.2, 0) is 11.3 Å². The number of ether oxygens (including phenoxy) is 1. The number of rotatable bonds is 2. The number of hydrogen-bond acceptors (Lipinski definition) is 4. The molecule has 90 valence electrons. The molecule has 0 fully saturated rings. The van der Waals surface area contributed by atoms with Gasteiger partial charge >= 0.3 is 7.12 Å². The van der Waals surface area contributed by atoms with Gasteiger partial charge < -0.3 is 19.5 Å². The largest absolute Gasteiger partial charge is 0.504 e. The lowest BCUT2D eigenvalue weighted by Gasteiger charge is -2.08. The Bertz CT molecular complexity index is 585. The molecule has 2 N–H and O–H groups in total. The van der Waals surface area contributed by atoms with E-state index in [-0.39, 0.29) is 5.75 Å².